The van der Waals surface area contributed by atoms with Gasteiger partial charge in [0.2, 0.25) is 0 Å². The number of imidazole rings is 1. The molecule has 1 saturated heterocycles. The van der Waals surface area contributed by atoms with Crippen LogP contribution in [0.5, 0.6) is 0 Å². The average Bonchev–Trinajstić information content (AvgIpc) is 3.34. The summed E-state index contributed by atoms with van der Waals surface area (Å²) in [5, 5.41) is 3.32. The third kappa shape index (κ3) is 5.46. The third-order valence-corrected chi connectivity index (χ3v) is 5.10. The number of carbonyl (C=O) groups excluding carboxylic acids is 1. The third-order valence-electron chi connectivity index (χ3n) is 5.10. The van der Waals surface area contributed by atoms with Crippen LogP contribution in [0.25, 0.3) is 5.69 Å². The van der Waals surface area contributed by atoms with Gasteiger partial charge in [0.05, 0.1) is 24.6 Å². The largest absolute Gasteiger partial charge is 0.444 e. The number of hydrogen-bond acceptors (Lipinski definition) is 6. The molecule has 2 aliphatic heterocycles. The fourth-order valence-corrected chi connectivity index (χ4v) is 3.68. The van der Waals surface area contributed by atoms with Crippen molar-refractivity contribution in [2.75, 3.05) is 26.2 Å². The van der Waals surface area contributed by atoms with Gasteiger partial charge in [0, 0.05) is 38.6 Å². The second-order valence-corrected chi connectivity index (χ2v) is 8.55. The summed E-state index contributed by atoms with van der Waals surface area (Å²) in [5.74, 6) is 0.493. The maximum atomic E-state index is 14.5. The first-order valence-corrected chi connectivity index (χ1v) is 10.1. The first-order chi connectivity index (χ1) is 14.3. The number of aromatic nitrogens is 2. The van der Waals surface area contributed by atoms with E-state index in [2.05, 4.69) is 20.2 Å². The van der Waals surface area contributed by atoms with E-state index in [-0.39, 0.29) is 41.9 Å². The van der Waals surface area contributed by atoms with E-state index >= 15 is 0 Å². The Morgan fingerprint density at radius 1 is 1.32 bits per heavy atom. The van der Waals surface area contributed by atoms with Gasteiger partial charge in [-0.25, -0.2) is 14.2 Å². The molecule has 0 aliphatic carbocycles. The number of nitrogens with zero attached hydrogens (tertiary/aromatic N) is 5. The van der Waals surface area contributed by atoms with Gasteiger partial charge >= 0.3 is 6.09 Å². The number of benzene rings is 1. The monoisotopic (exact) mass is 542 g/mol. The van der Waals surface area contributed by atoms with E-state index in [9.17, 15) is 9.18 Å². The molecule has 1 atom stereocenters. The van der Waals surface area contributed by atoms with Crippen molar-refractivity contribution in [2.45, 2.75) is 39.0 Å². The number of rotatable bonds is 3. The van der Waals surface area contributed by atoms with Crippen LogP contribution in [0.1, 0.15) is 26.3 Å². The smallest absolute Gasteiger partial charge is 0.410 e. The Kier molecular flexibility index (Phi) is 7.07. The number of halogens is 2. The predicted octanol–water partition coefficient (Wildman–Crippen LogP) is 3.01. The number of piperazine rings is 1. The van der Waals surface area contributed by atoms with Crippen LogP contribution in [-0.2, 0) is 11.3 Å². The van der Waals surface area contributed by atoms with E-state index in [1.807, 2.05) is 26.8 Å². The summed E-state index contributed by atoms with van der Waals surface area (Å²) in [4.78, 5) is 24.8. The zero-order chi connectivity index (χ0) is 21.3. The summed E-state index contributed by atoms with van der Waals surface area (Å²) in [5.41, 5.74) is 0.790. The Labute approximate surface area is 198 Å². The molecule has 0 bridgehead atoms. The van der Waals surface area contributed by atoms with Crippen molar-refractivity contribution in [3.05, 3.63) is 48.3 Å². The highest BCUT2D eigenvalue weighted by Gasteiger charge is 2.36. The molecule has 2 aliphatic rings. The van der Waals surface area contributed by atoms with Crippen LogP contribution >= 0.6 is 24.0 Å². The number of nitrogens with one attached hydrogen (secondary N) is 1. The number of aliphatic imine (C=N–C) groups is 1. The number of amides is 1. The van der Waals surface area contributed by atoms with Crippen LogP contribution in [0, 0.1) is 5.82 Å². The van der Waals surface area contributed by atoms with Crippen molar-refractivity contribution < 1.29 is 13.9 Å². The highest BCUT2D eigenvalue weighted by molar-refractivity contribution is 14.0. The molecule has 3 heterocycles. The molecule has 31 heavy (non-hydrogen) atoms. The van der Waals surface area contributed by atoms with Gasteiger partial charge in [-0.3, -0.25) is 4.99 Å². The van der Waals surface area contributed by atoms with E-state index in [0.29, 0.717) is 38.4 Å². The molecule has 1 aromatic heterocycles. The van der Waals surface area contributed by atoms with E-state index < -0.39 is 5.60 Å². The second-order valence-electron chi connectivity index (χ2n) is 8.55. The Hall–Kier alpha value is -2.37. The standard InChI is InChI=1S/C21H27FN6O2.HI/c1-21(2,3)30-20(29)26-8-9-28-16(13-26)12-25-19(28)24-11-15-4-5-18(17(22)10-15)27-7-6-23-14-27;/h4-7,10,14,16H,8-9,11-13H2,1-3H3,(H,24,25);1H. The van der Waals surface area contributed by atoms with Gasteiger partial charge in [0.15, 0.2) is 5.96 Å². The maximum absolute atomic E-state index is 14.5. The summed E-state index contributed by atoms with van der Waals surface area (Å²) in [6.07, 6.45) is 4.62. The summed E-state index contributed by atoms with van der Waals surface area (Å²) in [6.45, 7) is 8.54. The Morgan fingerprint density at radius 2 is 2.13 bits per heavy atom. The lowest BCUT2D eigenvalue weighted by molar-refractivity contribution is 0.0137. The van der Waals surface area contributed by atoms with Gasteiger partial charge in [-0.1, -0.05) is 6.07 Å². The Balaban J connectivity index is 0.00000272. The van der Waals surface area contributed by atoms with Gasteiger partial charge in [-0.2, -0.15) is 0 Å². The molecule has 1 fully saturated rings. The normalized spacial score (nSPS) is 18.2. The molecule has 1 unspecified atom stereocenters. The Morgan fingerprint density at radius 3 is 2.81 bits per heavy atom. The number of hydrogen-bond donors (Lipinski definition) is 1. The van der Waals surface area contributed by atoms with Crippen LogP contribution in [0.15, 0.2) is 41.9 Å². The van der Waals surface area contributed by atoms with Crippen molar-refractivity contribution in [1.82, 2.24) is 24.7 Å². The van der Waals surface area contributed by atoms with E-state index in [4.69, 9.17) is 4.74 Å². The number of ether oxygens (including phenoxy) is 1. The zero-order valence-corrected chi connectivity index (χ0v) is 20.2. The molecule has 0 spiro atoms. The topological polar surface area (TPSA) is 75.0 Å². The van der Waals surface area contributed by atoms with E-state index in [1.54, 1.807) is 34.3 Å². The van der Waals surface area contributed by atoms with Crippen LogP contribution in [0.3, 0.4) is 0 Å². The molecular formula is C21H28FIN6O2. The summed E-state index contributed by atoms with van der Waals surface area (Å²) >= 11 is 0. The van der Waals surface area contributed by atoms with Crippen molar-refractivity contribution >= 4 is 36.0 Å². The molecule has 1 N–H and O–H groups in total. The summed E-state index contributed by atoms with van der Waals surface area (Å²) in [7, 11) is 0. The SMILES string of the molecule is CC(C)(C)OC(=O)N1CCN2C(NCc3ccc(-n4ccnc4)c(F)c3)=NCC2C1.I. The molecule has 0 saturated carbocycles. The van der Waals surface area contributed by atoms with Crippen LogP contribution in [-0.4, -0.2) is 69.2 Å². The maximum Gasteiger partial charge on any atom is 0.410 e. The minimum atomic E-state index is -0.504. The average molecular weight is 542 g/mol. The van der Waals surface area contributed by atoms with Crippen molar-refractivity contribution in [2.24, 2.45) is 4.99 Å². The highest BCUT2D eigenvalue weighted by atomic mass is 127. The van der Waals surface area contributed by atoms with Crippen molar-refractivity contribution in [3.8, 4) is 5.69 Å². The predicted molar refractivity (Wildman–Crippen MR) is 126 cm³/mol. The van der Waals surface area contributed by atoms with Crippen LogP contribution in [0.2, 0.25) is 0 Å². The molecule has 2 aromatic rings. The van der Waals surface area contributed by atoms with Gasteiger partial charge in [0.1, 0.15) is 11.4 Å². The molecule has 1 amide bonds. The fraction of sp³-hybridized carbons (Fsp3) is 0.476. The van der Waals surface area contributed by atoms with E-state index in [1.165, 1.54) is 6.07 Å². The second kappa shape index (κ2) is 9.41. The molecule has 8 nitrogen and oxygen atoms in total. The highest BCUT2D eigenvalue weighted by Crippen LogP contribution is 2.19. The molecule has 168 valence electrons. The van der Waals surface area contributed by atoms with Crippen molar-refractivity contribution in [1.29, 1.82) is 0 Å². The Bertz CT molecular complexity index is 944. The van der Waals surface area contributed by atoms with Gasteiger partial charge in [0.25, 0.3) is 0 Å². The zero-order valence-electron chi connectivity index (χ0n) is 17.9. The first-order valence-electron chi connectivity index (χ1n) is 10.1. The molecule has 10 heteroatoms. The van der Waals surface area contributed by atoms with Gasteiger partial charge < -0.3 is 24.4 Å². The number of carbonyl (C=O) groups is 1. The molecule has 4 rings (SSSR count). The van der Waals surface area contributed by atoms with E-state index in [0.717, 1.165) is 11.5 Å². The number of guanidine groups is 1. The van der Waals surface area contributed by atoms with Gasteiger partial charge in [-0.05, 0) is 38.5 Å². The number of fused-ring (bicyclic) bond motifs is 1. The minimum absolute atomic E-state index is 0. The minimum Gasteiger partial charge on any atom is -0.444 e. The van der Waals surface area contributed by atoms with Crippen molar-refractivity contribution in [3.63, 3.8) is 0 Å². The summed E-state index contributed by atoms with van der Waals surface area (Å²) < 4.78 is 21.6. The lowest BCUT2D eigenvalue weighted by atomic mass is 10.2. The quantitative estimate of drug-likeness (QED) is 0.604. The fourth-order valence-electron chi connectivity index (χ4n) is 3.68. The first kappa shape index (κ1) is 23.3. The molecule has 1 aromatic carbocycles. The summed E-state index contributed by atoms with van der Waals surface area (Å²) in [6, 6.07) is 5.29. The molecular weight excluding hydrogens is 514 g/mol. The van der Waals surface area contributed by atoms with Crippen LogP contribution < -0.4 is 5.32 Å². The lowest BCUT2D eigenvalue weighted by Gasteiger charge is -2.39. The van der Waals surface area contributed by atoms with Crippen LogP contribution in [0.4, 0.5) is 9.18 Å². The lowest BCUT2D eigenvalue weighted by Crippen LogP contribution is -2.57. The molecule has 0 radical (unpaired) electrons. The van der Waals surface area contributed by atoms with Gasteiger partial charge in [-0.15, -0.1) is 24.0 Å².